The molecule has 1 heterocycles. The van der Waals surface area contributed by atoms with E-state index in [0.29, 0.717) is 17.7 Å². The van der Waals surface area contributed by atoms with Gasteiger partial charge in [0.1, 0.15) is 5.75 Å². The molecule has 7 nitrogen and oxygen atoms in total. The summed E-state index contributed by atoms with van der Waals surface area (Å²) < 4.78 is 5.32. The number of amides is 2. The normalized spacial score (nSPS) is 13.3. The van der Waals surface area contributed by atoms with Crippen molar-refractivity contribution in [1.82, 2.24) is 15.5 Å². The van der Waals surface area contributed by atoms with Crippen LogP contribution in [0.3, 0.4) is 0 Å². The van der Waals surface area contributed by atoms with E-state index >= 15 is 0 Å². The number of nitrogens with zero attached hydrogens (tertiary/aromatic N) is 2. The van der Waals surface area contributed by atoms with Gasteiger partial charge in [-0.3, -0.25) is 5.32 Å². The Morgan fingerprint density at radius 3 is 2.57 bits per heavy atom. The molecule has 1 aliphatic carbocycles. The number of aromatic nitrogens is 2. The Hall–Kier alpha value is -2.83. The van der Waals surface area contributed by atoms with E-state index in [1.807, 2.05) is 25.1 Å². The molecule has 120 valence electrons. The smallest absolute Gasteiger partial charge is 0.320 e. The molecule has 2 amide bonds. The van der Waals surface area contributed by atoms with Gasteiger partial charge in [-0.2, -0.15) is 0 Å². The molecule has 3 rings (SSSR count). The molecule has 0 saturated heterocycles. The van der Waals surface area contributed by atoms with Crippen LogP contribution in [0.1, 0.15) is 18.4 Å². The summed E-state index contributed by atoms with van der Waals surface area (Å²) in [5.74, 6) is 1.70. The van der Waals surface area contributed by atoms with Crippen LogP contribution in [0.4, 0.5) is 22.1 Å². The molecule has 1 aromatic heterocycles. The van der Waals surface area contributed by atoms with E-state index in [9.17, 15) is 4.79 Å². The molecule has 7 heteroatoms. The zero-order valence-electron chi connectivity index (χ0n) is 13.1. The molecule has 23 heavy (non-hydrogen) atoms. The van der Waals surface area contributed by atoms with Gasteiger partial charge in [-0.25, -0.2) is 4.79 Å². The molecule has 0 unspecified atom stereocenters. The second kappa shape index (κ2) is 6.51. The highest BCUT2D eigenvalue weighted by molar-refractivity contribution is 5.88. The van der Waals surface area contributed by atoms with Gasteiger partial charge in [0.05, 0.1) is 12.8 Å². The zero-order valence-corrected chi connectivity index (χ0v) is 13.1. The van der Waals surface area contributed by atoms with Gasteiger partial charge in [0.15, 0.2) is 11.6 Å². The molecule has 3 N–H and O–H groups in total. The third-order valence-corrected chi connectivity index (χ3v) is 3.44. The number of hydrogen-bond donors (Lipinski definition) is 3. The number of aryl methyl sites for hydroxylation is 1. The summed E-state index contributed by atoms with van der Waals surface area (Å²) in [6.07, 6.45) is 2.08. The molecule has 0 bridgehead atoms. The van der Waals surface area contributed by atoms with Crippen molar-refractivity contribution in [3.05, 3.63) is 35.9 Å². The van der Waals surface area contributed by atoms with E-state index < -0.39 is 0 Å². The quantitative estimate of drug-likeness (QED) is 0.790. The molecule has 1 aromatic carbocycles. The van der Waals surface area contributed by atoms with Crippen LogP contribution in [0.15, 0.2) is 30.3 Å². The predicted octanol–water partition coefficient (Wildman–Crippen LogP) is 2.82. The van der Waals surface area contributed by atoms with Crippen molar-refractivity contribution >= 4 is 23.4 Å². The molecule has 1 saturated carbocycles. The first kappa shape index (κ1) is 15.1. The minimum atomic E-state index is -0.247. The second-order valence-electron chi connectivity index (χ2n) is 5.51. The number of anilines is 3. The summed E-state index contributed by atoms with van der Waals surface area (Å²) in [7, 11) is 1.62. The Balaban J connectivity index is 1.65. The standard InChI is InChI=1S/C16H19N5O2/c1-10-3-6-13(23-2)12(9-10)18-14-7-8-15(21-20-14)19-16(22)17-11-4-5-11/h3,6-9,11H,4-5H2,1-2H3,(H,18,20)(H2,17,19,21,22). The summed E-state index contributed by atoms with van der Waals surface area (Å²) in [4.78, 5) is 11.6. The SMILES string of the molecule is COc1ccc(C)cc1Nc1ccc(NC(=O)NC2CC2)nn1. The van der Waals surface area contributed by atoms with Crippen LogP contribution in [0, 0.1) is 6.92 Å². The highest BCUT2D eigenvalue weighted by Gasteiger charge is 2.23. The van der Waals surface area contributed by atoms with E-state index in [-0.39, 0.29) is 6.03 Å². The first-order valence-electron chi connectivity index (χ1n) is 7.47. The molecular formula is C16H19N5O2. The van der Waals surface area contributed by atoms with E-state index in [0.717, 1.165) is 29.8 Å². The summed E-state index contributed by atoms with van der Waals surface area (Å²) in [5.41, 5.74) is 1.92. The van der Waals surface area contributed by atoms with Crippen LogP contribution >= 0.6 is 0 Å². The number of carbonyl (C=O) groups is 1. The largest absolute Gasteiger partial charge is 0.495 e. The Kier molecular flexibility index (Phi) is 4.27. The number of methoxy groups -OCH3 is 1. The second-order valence-corrected chi connectivity index (χ2v) is 5.51. The van der Waals surface area contributed by atoms with Gasteiger partial charge >= 0.3 is 6.03 Å². The van der Waals surface area contributed by atoms with Crippen LogP contribution in [-0.2, 0) is 0 Å². The number of urea groups is 1. The molecule has 0 aliphatic heterocycles. The number of rotatable bonds is 5. The summed E-state index contributed by atoms with van der Waals surface area (Å²) >= 11 is 0. The van der Waals surface area contributed by atoms with Gasteiger partial charge in [-0.1, -0.05) is 6.07 Å². The third kappa shape index (κ3) is 4.09. The third-order valence-electron chi connectivity index (χ3n) is 3.44. The van der Waals surface area contributed by atoms with E-state index in [4.69, 9.17) is 4.74 Å². The van der Waals surface area contributed by atoms with Crippen LogP contribution in [0.2, 0.25) is 0 Å². The highest BCUT2D eigenvalue weighted by Crippen LogP contribution is 2.27. The maximum absolute atomic E-state index is 11.6. The number of nitrogens with one attached hydrogen (secondary N) is 3. The summed E-state index contributed by atoms with van der Waals surface area (Å²) in [5, 5.41) is 16.7. The lowest BCUT2D eigenvalue weighted by molar-refractivity contribution is 0.251. The number of benzene rings is 1. The Labute approximate surface area is 134 Å². The fourth-order valence-electron chi connectivity index (χ4n) is 2.09. The zero-order chi connectivity index (χ0) is 16.2. The minimum absolute atomic E-state index is 0.247. The lowest BCUT2D eigenvalue weighted by Crippen LogP contribution is -2.30. The van der Waals surface area contributed by atoms with Crippen LogP contribution in [0.25, 0.3) is 0 Å². The van der Waals surface area contributed by atoms with Crippen molar-refractivity contribution < 1.29 is 9.53 Å². The molecule has 1 fully saturated rings. The van der Waals surface area contributed by atoms with Crippen molar-refractivity contribution in [2.45, 2.75) is 25.8 Å². The fourth-order valence-corrected chi connectivity index (χ4v) is 2.09. The predicted molar refractivity (Wildman–Crippen MR) is 88.2 cm³/mol. The van der Waals surface area contributed by atoms with Gasteiger partial charge in [-0.05, 0) is 49.6 Å². The molecule has 0 atom stereocenters. The topological polar surface area (TPSA) is 88.2 Å². The maximum atomic E-state index is 11.6. The van der Waals surface area contributed by atoms with Crippen molar-refractivity contribution in [3.8, 4) is 5.75 Å². The Bertz CT molecular complexity index is 698. The van der Waals surface area contributed by atoms with E-state index in [1.54, 1.807) is 19.2 Å². The lowest BCUT2D eigenvalue weighted by atomic mass is 10.2. The van der Waals surface area contributed by atoms with Gasteiger partial charge in [0, 0.05) is 6.04 Å². The van der Waals surface area contributed by atoms with Crippen molar-refractivity contribution in [1.29, 1.82) is 0 Å². The molecule has 1 aliphatic rings. The monoisotopic (exact) mass is 313 g/mol. The number of hydrogen-bond acceptors (Lipinski definition) is 5. The summed E-state index contributed by atoms with van der Waals surface area (Å²) in [6, 6.07) is 9.34. The molecular weight excluding hydrogens is 294 g/mol. The first-order valence-corrected chi connectivity index (χ1v) is 7.47. The highest BCUT2D eigenvalue weighted by atomic mass is 16.5. The van der Waals surface area contributed by atoms with Crippen LogP contribution in [0.5, 0.6) is 5.75 Å². The Morgan fingerprint density at radius 2 is 1.91 bits per heavy atom. The average molecular weight is 313 g/mol. The average Bonchev–Trinajstić information content (AvgIpc) is 3.33. The van der Waals surface area contributed by atoms with Crippen molar-refractivity contribution in [2.75, 3.05) is 17.7 Å². The molecule has 0 radical (unpaired) electrons. The van der Waals surface area contributed by atoms with Gasteiger partial charge in [-0.15, -0.1) is 10.2 Å². The minimum Gasteiger partial charge on any atom is -0.495 e. The van der Waals surface area contributed by atoms with Gasteiger partial charge in [0.25, 0.3) is 0 Å². The number of carbonyl (C=O) groups excluding carboxylic acids is 1. The fraction of sp³-hybridized carbons (Fsp3) is 0.312. The van der Waals surface area contributed by atoms with Gasteiger partial charge in [0.2, 0.25) is 0 Å². The number of ether oxygens (including phenoxy) is 1. The van der Waals surface area contributed by atoms with E-state index in [2.05, 4.69) is 26.1 Å². The van der Waals surface area contributed by atoms with Crippen molar-refractivity contribution in [3.63, 3.8) is 0 Å². The van der Waals surface area contributed by atoms with Crippen LogP contribution in [-0.4, -0.2) is 29.4 Å². The maximum Gasteiger partial charge on any atom is 0.320 e. The van der Waals surface area contributed by atoms with E-state index in [1.165, 1.54) is 0 Å². The summed E-state index contributed by atoms with van der Waals surface area (Å²) in [6.45, 7) is 2.00. The van der Waals surface area contributed by atoms with Crippen LogP contribution < -0.4 is 20.7 Å². The van der Waals surface area contributed by atoms with Crippen molar-refractivity contribution in [2.24, 2.45) is 0 Å². The first-order chi connectivity index (χ1) is 11.1. The Morgan fingerprint density at radius 1 is 1.17 bits per heavy atom. The molecule has 0 spiro atoms. The van der Waals surface area contributed by atoms with Gasteiger partial charge < -0.3 is 15.4 Å². The molecule has 2 aromatic rings. The lowest BCUT2D eigenvalue weighted by Gasteiger charge is -2.11.